The van der Waals surface area contributed by atoms with Crippen molar-refractivity contribution in [1.29, 1.82) is 0 Å². The van der Waals surface area contributed by atoms with E-state index in [0.29, 0.717) is 0 Å². The van der Waals surface area contributed by atoms with Crippen LogP contribution < -0.4 is 5.32 Å². The van der Waals surface area contributed by atoms with Crippen LogP contribution in [0.25, 0.3) is 0 Å². The van der Waals surface area contributed by atoms with Crippen molar-refractivity contribution in [2.75, 3.05) is 12.4 Å². The highest BCUT2D eigenvalue weighted by Crippen LogP contribution is 2.24. The summed E-state index contributed by atoms with van der Waals surface area (Å²) in [6, 6.07) is 1.69. The van der Waals surface area contributed by atoms with Crippen LogP contribution >= 0.6 is 0 Å². The molecule has 0 radical (unpaired) electrons. The first kappa shape index (κ1) is 7.78. The SMILES string of the molecule is CNc1cc(F)cc(O)c1F. The molecule has 0 spiro atoms. The van der Waals surface area contributed by atoms with Crippen LogP contribution in [-0.4, -0.2) is 12.2 Å². The van der Waals surface area contributed by atoms with E-state index in [2.05, 4.69) is 5.32 Å². The zero-order valence-electron chi connectivity index (χ0n) is 5.86. The summed E-state index contributed by atoms with van der Waals surface area (Å²) in [4.78, 5) is 0. The molecule has 1 aromatic rings. The molecule has 0 aliphatic carbocycles. The number of phenols is 1. The van der Waals surface area contributed by atoms with E-state index in [1.54, 1.807) is 0 Å². The van der Waals surface area contributed by atoms with Gasteiger partial charge in [-0.1, -0.05) is 0 Å². The van der Waals surface area contributed by atoms with Gasteiger partial charge in [0.15, 0.2) is 11.6 Å². The predicted octanol–water partition coefficient (Wildman–Crippen LogP) is 1.71. The number of anilines is 1. The molecule has 4 heteroatoms. The minimum atomic E-state index is -0.839. The first-order valence-electron chi connectivity index (χ1n) is 3.01. The van der Waals surface area contributed by atoms with Crippen molar-refractivity contribution in [3.05, 3.63) is 23.8 Å². The van der Waals surface area contributed by atoms with Crippen molar-refractivity contribution in [3.63, 3.8) is 0 Å². The lowest BCUT2D eigenvalue weighted by Gasteiger charge is -2.02. The molecule has 0 bridgehead atoms. The van der Waals surface area contributed by atoms with E-state index >= 15 is 0 Å². The number of rotatable bonds is 1. The number of hydrogen-bond donors (Lipinski definition) is 2. The van der Waals surface area contributed by atoms with Crippen molar-refractivity contribution in [3.8, 4) is 5.75 Å². The number of aromatic hydroxyl groups is 1. The Morgan fingerprint density at radius 3 is 2.55 bits per heavy atom. The molecule has 0 amide bonds. The Labute approximate surface area is 62.5 Å². The van der Waals surface area contributed by atoms with Crippen molar-refractivity contribution in [2.24, 2.45) is 0 Å². The van der Waals surface area contributed by atoms with Crippen LogP contribution in [0.2, 0.25) is 0 Å². The van der Waals surface area contributed by atoms with E-state index in [9.17, 15) is 8.78 Å². The minimum Gasteiger partial charge on any atom is -0.505 e. The molecule has 0 unspecified atom stereocenters. The molecule has 0 aliphatic heterocycles. The van der Waals surface area contributed by atoms with Crippen LogP contribution in [0.5, 0.6) is 5.75 Å². The van der Waals surface area contributed by atoms with Crippen LogP contribution in [0.1, 0.15) is 0 Å². The highest BCUT2D eigenvalue weighted by Gasteiger charge is 2.07. The van der Waals surface area contributed by atoms with Crippen molar-refractivity contribution >= 4 is 5.69 Å². The third-order valence-electron chi connectivity index (χ3n) is 1.29. The van der Waals surface area contributed by atoms with Crippen molar-refractivity contribution in [1.82, 2.24) is 0 Å². The third-order valence-corrected chi connectivity index (χ3v) is 1.29. The summed E-state index contributed by atoms with van der Waals surface area (Å²) < 4.78 is 25.1. The molecular weight excluding hydrogens is 152 g/mol. The van der Waals surface area contributed by atoms with E-state index < -0.39 is 17.4 Å². The van der Waals surface area contributed by atoms with Gasteiger partial charge in [-0.3, -0.25) is 0 Å². The van der Waals surface area contributed by atoms with E-state index in [-0.39, 0.29) is 5.69 Å². The van der Waals surface area contributed by atoms with Gasteiger partial charge < -0.3 is 10.4 Å². The molecule has 0 aliphatic rings. The summed E-state index contributed by atoms with van der Waals surface area (Å²) >= 11 is 0. The first-order valence-corrected chi connectivity index (χ1v) is 3.01. The normalized spacial score (nSPS) is 9.73. The molecule has 0 heterocycles. The fraction of sp³-hybridized carbons (Fsp3) is 0.143. The van der Waals surface area contributed by atoms with Gasteiger partial charge in [0.05, 0.1) is 5.69 Å². The Morgan fingerprint density at radius 2 is 2.00 bits per heavy atom. The fourth-order valence-corrected chi connectivity index (χ4v) is 0.757. The van der Waals surface area contributed by atoms with Gasteiger partial charge in [-0.05, 0) is 0 Å². The van der Waals surface area contributed by atoms with Gasteiger partial charge in [-0.2, -0.15) is 0 Å². The number of halogens is 2. The maximum absolute atomic E-state index is 12.7. The Balaban J connectivity index is 3.24. The Morgan fingerprint density at radius 1 is 1.36 bits per heavy atom. The van der Waals surface area contributed by atoms with Crippen LogP contribution in [-0.2, 0) is 0 Å². The smallest absolute Gasteiger partial charge is 0.188 e. The lowest BCUT2D eigenvalue weighted by Crippen LogP contribution is -1.93. The number of nitrogens with one attached hydrogen (secondary N) is 1. The topological polar surface area (TPSA) is 32.3 Å². The molecule has 11 heavy (non-hydrogen) atoms. The third kappa shape index (κ3) is 1.39. The van der Waals surface area contributed by atoms with E-state index in [0.717, 1.165) is 12.1 Å². The lowest BCUT2D eigenvalue weighted by molar-refractivity contribution is 0.428. The molecular formula is C7H7F2NO. The summed E-state index contributed by atoms with van der Waals surface area (Å²) in [7, 11) is 1.44. The minimum absolute atomic E-state index is 0.0532. The molecule has 0 saturated carbocycles. The van der Waals surface area contributed by atoms with Crippen molar-refractivity contribution < 1.29 is 13.9 Å². The van der Waals surface area contributed by atoms with E-state index in [1.807, 2.05) is 0 Å². The van der Waals surface area contributed by atoms with Gasteiger partial charge in [0.25, 0.3) is 0 Å². The highest BCUT2D eigenvalue weighted by molar-refractivity contribution is 5.49. The van der Waals surface area contributed by atoms with Gasteiger partial charge in [-0.25, -0.2) is 8.78 Å². The zero-order chi connectivity index (χ0) is 8.43. The fourth-order valence-electron chi connectivity index (χ4n) is 0.757. The molecule has 60 valence electrons. The van der Waals surface area contributed by atoms with Crippen molar-refractivity contribution in [2.45, 2.75) is 0 Å². The maximum Gasteiger partial charge on any atom is 0.188 e. The van der Waals surface area contributed by atoms with Gasteiger partial charge in [0.1, 0.15) is 5.82 Å². The molecule has 1 rings (SSSR count). The first-order chi connectivity index (χ1) is 5.15. The molecule has 1 aromatic carbocycles. The molecule has 2 nitrogen and oxygen atoms in total. The molecule has 2 N–H and O–H groups in total. The molecule has 0 fully saturated rings. The van der Waals surface area contributed by atoms with Crippen LogP contribution in [0.15, 0.2) is 12.1 Å². The summed E-state index contributed by atoms with van der Waals surface area (Å²) in [6.45, 7) is 0. The van der Waals surface area contributed by atoms with Crippen LogP contribution in [0.3, 0.4) is 0 Å². The standard InChI is InChI=1S/C7H7F2NO/c1-10-5-2-4(8)3-6(11)7(5)9/h2-3,10-11H,1H3. The van der Waals surface area contributed by atoms with Gasteiger partial charge >= 0.3 is 0 Å². The Kier molecular flexibility index (Phi) is 1.94. The summed E-state index contributed by atoms with van der Waals surface area (Å²) in [5.74, 6) is -2.20. The zero-order valence-corrected chi connectivity index (χ0v) is 5.86. The average molecular weight is 159 g/mol. The molecule has 0 saturated heterocycles. The quantitative estimate of drug-likeness (QED) is 0.653. The second kappa shape index (κ2) is 2.74. The van der Waals surface area contributed by atoms with Crippen LogP contribution in [0.4, 0.5) is 14.5 Å². The Bertz CT molecular complexity index is 275. The summed E-state index contributed by atoms with van der Waals surface area (Å²) in [5.41, 5.74) is -0.0532. The number of benzene rings is 1. The van der Waals surface area contributed by atoms with Gasteiger partial charge in [0.2, 0.25) is 0 Å². The molecule has 0 atom stereocenters. The predicted molar refractivity (Wildman–Crippen MR) is 37.6 cm³/mol. The highest BCUT2D eigenvalue weighted by atomic mass is 19.1. The summed E-state index contributed by atoms with van der Waals surface area (Å²) in [5, 5.41) is 11.2. The lowest BCUT2D eigenvalue weighted by atomic mass is 10.3. The summed E-state index contributed by atoms with van der Waals surface area (Å²) in [6.07, 6.45) is 0. The average Bonchev–Trinajstić information content (AvgIpc) is 1.96. The van der Waals surface area contributed by atoms with Gasteiger partial charge in [-0.15, -0.1) is 0 Å². The largest absolute Gasteiger partial charge is 0.505 e. The number of phenolic OH excluding ortho intramolecular Hbond substituents is 1. The monoisotopic (exact) mass is 159 g/mol. The van der Waals surface area contributed by atoms with E-state index in [1.165, 1.54) is 7.05 Å². The van der Waals surface area contributed by atoms with Gasteiger partial charge in [0, 0.05) is 19.2 Å². The Hall–Kier alpha value is -1.32. The van der Waals surface area contributed by atoms with Crippen LogP contribution in [0, 0.1) is 11.6 Å². The second-order valence-electron chi connectivity index (χ2n) is 2.04. The second-order valence-corrected chi connectivity index (χ2v) is 2.04. The molecule has 0 aromatic heterocycles. The maximum atomic E-state index is 12.7. The number of hydrogen-bond acceptors (Lipinski definition) is 2. The van der Waals surface area contributed by atoms with E-state index in [4.69, 9.17) is 5.11 Å².